The molecule has 1 rings (SSSR count). The normalized spacial score (nSPS) is 12.1. The second-order valence-electron chi connectivity index (χ2n) is 5.00. The first-order chi connectivity index (χ1) is 9.49. The molecule has 0 heterocycles. The highest BCUT2D eigenvalue weighted by Crippen LogP contribution is 2.23. The molecule has 1 aromatic rings. The lowest BCUT2D eigenvalue weighted by atomic mass is 10.2. The lowest BCUT2D eigenvalue weighted by molar-refractivity contribution is -0.138. The average molecular weight is 298 g/mol. The van der Waals surface area contributed by atoms with Crippen molar-refractivity contribution in [2.24, 2.45) is 0 Å². The van der Waals surface area contributed by atoms with Crippen molar-refractivity contribution in [3.05, 3.63) is 28.8 Å². The maximum Gasteiger partial charge on any atom is 0.263 e. The van der Waals surface area contributed by atoms with Crippen LogP contribution in [0.1, 0.15) is 39.2 Å². The van der Waals surface area contributed by atoms with Gasteiger partial charge < -0.3 is 9.64 Å². The Morgan fingerprint density at radius 1 is 1.30 bits per heavy atom. The topological polar surface area (TPSA) is 29.5 Å². The van der Waals surface area contributed by atoms with Crippen molar-refractivity contribution in [3.8, 4) is 5.75 Å². The van der Waals surface area contributed by atoms with Crippen molar-refractivity contribution in [3.63, 3.8) is 0 Å². The number of carbonyl (C=O) groups is 1. The Labute approximate surface area is 126 Å². The van der Waals surface area contributed by atoms with Gasteiger partial charge in [-0.15, -0.1) is 0 Å². The first-order valence-corrected chi connectivity index (χ1v) is 7.59. The van der Waals surface area contributed by atoms with Gasteiger partial charge in [-0.3, -0.25) is 4.79 Å². The van der Waals surface area contributed by atoms with E-state index in [0.29, 0.717) is 10.8 Å². The quantitative estimate of drug-likeness (QED) is 0.759. The van der Waals surface area contributed by atoms with Crippen molar-refractivity contribution in [1.29, 1.82) is 0 Å². The number of amides is 1. The number of hydrogen-bond acceptors (Lipinski definition) is 2. The minimum absolute atomic E-state index is 0.0445. The summed E-state index contributed by atoms with van der Waals surface area (Å²) in [5.41, 5.74) is 0.940. The van der Waals surface area contributed by atoms with Crippen LogP contribution in [-0.2, 0) is 4.79 Å². The van der Waals surface area contributed by atoms with Crippen LogP contribution in [0.4, 0.5) is 0 Å². The number of nitrogens with zero attached hydrogens (tertiary/aromatic N) is 1. The first kappa shape index (κ1) is 16.8. The number of benzene rings is 1. The monoisotopic (exact) mass is 297 g/mol. The van der Waals surface area contributed by atoms with E-state index in [2.05, 4.69) is 13.8 Å². The van der Waals surface area contributed by atoms with Gasteiger partial charge >= 0.3 is 0 Å². The van der Waals surface area contributed by atoms with Gasteiger partial charge in [-0.1, -0.05) is 25.4 Å². The summed E-state index contributed by atoms with van der Waals surface area (Å²) < 4.78 is 5.79. The molecule has 0 fully saturated rings. The Balaban J connectivity index is 2.73. The van der Waals surface area contributed by atoms with E-state index in [-0.39, 0.29) is 5.91 Å². The molecule has 1 aromatic carbocycles. The van der Waals surface area contributed by atoms with Gasteiger partial charge in [-0.05, 0) is 50.5 Å². The molecule has 0 saturated carbocycles. The summed E-state index contributed by atoms with van der Waals surface area (Å²) in [5.74, 6) is 0.756. The van der Waals surface area contributed by atoms with Crippen LogP contribution in [0.2, 0.25) is 5.02 Å². The van der Waals surface area contributed by atoms with Crippen molar-refractivity contribution in [2.75, 3.05) is 13.1 Å². The van der Waals surface area contributed by atoms with Gasteiger partial charge in [0.2, 0.25) is 0 Å². The van der Waals surface area contributed by atoms with E-state index in [1.54, 1.807) is 13.0 Å². The molecular weight excluding hydrogens is 274 g/mol. The second kappa shape index (κ2) is 8.15. The predicted octanol–water partition coefficient (Wildman–Crippen LogP) is 4.06. The molecule has 1 atom stereocenters. The second-order valence-corrected chi connectivity index (χ2v) is 5.43. The van der Waals surface area contributed by atoms with Crippen molar-refractivity contribution in [2.45, 2.75) is 46.6 Å². The van der Waals surface area contributed by atoms with E-state index in [9.17, 15) is 4.79 Å². The fraction of sp³-hybridized carbons (Fsp3) is 0.562. The molecule has 0 aliphatic heterocycles. The Bertz CT molecular complexity index is 442. The summed E-state index contributed by atoms with van der Waals surface area (Å²) >= 11 is 5.92. The fourth-order valence-corrected chi connectivity index (χ4v) is 2.34. The molecular formula is C16H24ClNO2. The van der Waals surface area contributed by atoms with Crippen LogP contribution in [0.15, 0.2) is 18.2 Å². The average Bonchev–Trinajstić information content (AvgIpc) is 2.40. The summed E-state index contributed by atoms with van der Waals surface area (Å²) in [6.45, 7) is 9.43. The molecule has 3 nitrogen and oxygen atoms in total. The molecule has 0 aliphatic carbocycles. The Morgan fingerprint density at radius 2 is 1.90 bits per heavy atom. The van der Waals surface area contributed by atoms with Gasteiger partial charge in [0.1, 0.15) is 5.75 Å². The molecule has 112 valence electrons. The highest BCUT2D eigenvalue weighted by atomic mass is 35.5. The van der Waals surface area contributed by atoms with Gasteiger partial charge in [0, 0.05) is 18.1 Å². The summed E-state index contributed by atoms with van der Waals surface area (Å²) in [4.78, 5) is 14.3. The molecule has 20 heavy (non-hydrogen) atoms. The summed E-state index contributed by atoms with van der Waals surface area (Å²) in [7, 11) is 0. The van der Waals surface area contributed by atoms with E-state index >= 15 is 0 Å². The number of ether oxygens (including phenoxy) is 1. The van der Waals surface area contributed by atoms with Crippen LogP contribution in [0.5, 0.6) is 5.75 Å². The molecule has 0 bridgehead atoms. The molecule has 0 N–H and O–H groups in total. The van der Waals surface area contributed by atoms with Crippen LogP contribution in [0.25, 0.3) is 0 Å². The van der Waals surface area contributed by atoms with Crippen LogP contribution in [0.3, 0.4) is 0 Å². The van der Waals surface area contributed by atoms with Crippen molar-refractivity contribution < 1.29 is 9.53 Å². The van der Waals surface area contributed by atoms with Gasteiger partial charge in [-0.25, -0.2) is 0 Å². The number of hydrogen-bond donors (Lipinski definition) is 0. The van der Waals surface area contributed by atoms with E-state index in [1.807, 2.05) is 24.0 Å². The van der Waals surface area contributed by atoms with Crippen LogP contribution >= 0.6 is 11.6 Å². The zero-order chi connectivity index (χ0) is 15.1. The number of rotatable bonds is 7. The number of aryl methyl sites for hydroxylation is 1. The van der Waals surface area contributed by atoms with E-state index < -0.39 is 6.10 Å². The minimum atomic E-state index is -0.479. The lowest BCUT2D eigenvalue weighted by Crippen LogP contribution is -2.41. The number of halogens is 1. The summed E-state index contributed by atoms with van der Waals surface area (Å²) in [6, 6.07) is 5.42. The zero-order valence-electron chi connectivity index (χ0n) is 12.8. The Morgan fingerprint density at radius 3 is 2.40 bits per heavy atom. The minimum Gasteiger partial charge on any atom is -0.481 e. The summed E-state index contributed by atoms with van der Waals surface area (Å²) in [5, 5.41) is 0.674. The maximum atomic E-state index is 12.4. The standard InChI is InChI=1S/C16H24ClNO2/c1-5-9-18(10-6-2)16(19)13(4)20-15-8-7-14(17)11-12(15)3/h7-8,11,13H,5-6,9-10H2,1-4H3. The van der Waals surface area contributed by atoms with Crippen LogP contribution < -0.4 is 4.74 Å². The molecule has 4 heteroatoms. The third kappa shape index (κ3) is 4.71. The highest BCUT2D eigenvalue weighted by molar-refractivity contribution is 6.30. The Hall–Kier alpha value is -1.22. The Kier molecular flexibility index (Phi) is 6.86. The zero-order valence-corrected chi connectivity index (χ0v) is 13.5. The SMILES string of the molecule is CCCN(CCC)C(=O)C(C)Oc1ccc(Cl)cc1C. The largest absolute Gasteiger partial charge is 0.481 e. The predicted molar refractivity (Wildman–Crippen MR) is 83.4 cm³/mol. The van der Waals surface area contributed by atoms with Crippen molar-refractivity contribution >= 4 is 17.5 Å². The van der Waals surface area contributed by atoms with Gasteiger partial charge in [-0.2, -0.15) is 0 Å². The highest BCUT2D eigenvalue weighted by Gasteiger charge is 2.21. The third-order valence-electron chi connectivity index (χ3n) is 3.09. The first-order valence-electron chi connectivity index (χ1n) is 7.21. The smallest absolute Gasteiger partial charge is 0.263 e. The number of carbonyl (C=O) groups excluding carboxylic acids is 1. The van der Waals surface area contributed by atoms with E-state index in [4.69, 9.17) is 16.3 Å². The molecule has 0 aromatic heterocycles. The van der Waals surface area contributed by atoms with Gasteiger partial charge in [0.15, 0.2) is 6.10 Å². The molecule has 0 spiro atoms. The third-order valence-corrected chi connectivity index (χ3v) is 3.32. The summed E-state index contributed by atoms with van der Waals surface area (Å²) in [6.07, 6.45) is 1.43. The fourth-order valence-electron chi connectivity index (χ4n) is 2.12. The molecule has 0 saturated heterocycles. The maximum absolute atomic E-state index is 12.4. The molecule has 1 unspecified atom stereocenters. The van der Waals surface area contributed by atoms with Crippen LogP contribution in [0, 0.1) is 6.92 Å². The lowest BCUT2D eigenvalue weighted by Gasteiger charge is -2.25. The van der Waals surface area contributed by atoms with Gasteiger partial charge in [0.25, 0.3) is 5.91 Å². The van der Waals surface area contributed by atoms with E-state index in [0.717, 1.165) is 31.5 Å². The van der Waals surface area contributed by atoms with E-state index in [1.165, 1.54) is 0 Å². The van der Waals surface area contributed by atoms with Crippen LogP contribution in [-0.4, -0.2) is 30.0 Å². The van der Waals surface area contributed by atoms with Crippen molar-refractivity contribution in [1.82, 2.24) is 4.90 Å². The molecule has 0 radical (unpaired) electrons. The molecule has 1 amide bonds. The molecule has 0 aliphatic rings. The van der Waals surface area contributed by atoms with Gasteiger partial charge in [0.05, 0.1) is 0 Å².